The fourth-order valence-electron chi connectivity index (χ4n) is 3.91. The second-order valence-corrected chi connectivity index (χ2v) is 8.14. The van der Waals surface area contributed by atoms with Gasteiger partial charge in [-0.25, -0.2) is 0 Å². The van der Waals surface area contributed by atoms with E-state index in [0.29, 0.717) is 17.4 Å². The first-order chi connectivity index (χ1) is 9.97. The Morgan fingerprint density at radius 1 is 1.10 bits per heavy atom. The van der Waals surface area contributed by atoms with Gasteiger partial charge in [0.25, 0.3) is 0 Å². The van der Waals surface area contributed by atoms with Gasteiger partial charge in [0.2, 0.25) is 5.91 Å². The predicted molar refractivity (Wildman–Crippen MR) is 88.2 cm³/mol. The van der Waals surface area contributed by atoms with Crippen molar-refractivity contribution >= 4 is 5.91 Å². The van der Waals surface area contributed by atoms with E-state index in [4.69, 9.17) is 0 Å². The molecular weight excluding hydrogens is 260 g/mol. The van der Waals surface area contributed by atoms with Gasteiger partial charge in [0.15, 0.2) is 0 Å². The van der Waals surface area contributed by atoms with Crippen LogP contribution in [0.5, 0.6) is 0 Å². The lowest BCUT2D eigenvalue weighted by Gasteiger charge is -2.36. The van der Waals surface area contributed by atoms with Crippen LogP contribution in [-0.4, -0.2) is 25.0 Å². The van der Waals surface area contributed by atoms with Crippen LogP contribution >= 0.6 is 0 Å². The van der Waals surface area contributed by atoms with Gasteiger partial charge in [-0.15, -0.1) is 0 Å². The Labute approximate surface area is 130 Å². The molecule has 1 aliphatic carbocycles. The van der Waals surface area contributed by atoms with E-state index >= 15 is 0 Å². The highest BCUT2D eigenvalue weighted by molar-refractivity contribution is 5.78. The molecule has 3 heteroatoms. The van der Waals surface area contributed by atoms with Crippen LogP contribution in [0.15, 0.2) is 0 Å². The zero-order valence-corrected chi connectivity index (χ0v) is 14.2. The van der Waals surface area contributed by atoms with Crippen molar-refractivity contribution in [3.63, 3.8) is 0 Å². The molecule has 2 fully saturated rings. The van der Waals surface area contributed by atoms with E-state index in [1.807, 2.05) is 0 Å². The molecule has 3 nitrogen and oxygen atoms in total. The Hall–Kier alpha value is -0.570. The molecule has 0 radical (unpaired) electrons. The zero-order chi connectivity index (χ0) is 15.3. The third kappa shape index (κ3) is 5.28. The molecule has 1 atom stereocenters. The molecule has 1 heterocycles. The molecule has 0 bridgehead atoms. The molecule has 21 heavy (non-hydrogen) atoms. The van der Waals surface area contributed by atoms with Gasteiger partial charge in [0.1, 0.15) is 0 Å². The monoisotopic (exact) mass is 294 g/mol. The highest BCUT2D eigenvalue weighted by atomic mass is 16.1. The summed E-state index contributed by atoms with van der Waals surface area (Å²) < 4.78 is 0. The summed E-state index contributed by atoms with van der Waals surface area (Å²) in [5, 5.41) is 6.72. The number of rotatable bonds is 4. The lowest BCUT2D eigenvalue weighted by molar-refractivity contribution is -0.126. The minimum atomic E-state index is 0.267. The van der Waals surface area contributed by atoms with Gasteiger partial charge in [-0.3, -0.25) is 4.79 Å². The maximum absolute atomic E-state index is 12.3. The molecule has 1 aliphatic heterocycles. The summed E-state index contributed by atoms with van der Waals surface area (Å²) in [4.78, 5) is 12.3. The maximum Gasteiger partial charge on any atom is 0.223 e. The number of nitrogens with one attached hydrogen (secondary N) is 2. The molecular formula is C18H34N2O. The van der Waals surface area contributed by atoms with Crippen LogP contribution in [0.4, 0.5) is 0 Å². The number of hydrogen-bond acceptors (Lipinski definition) is 2. The number of piperidine rings is 1. The van der Waals surface area contributed by atoms with Crippen molar-refractivity contribution in [3.05, 3.63) is 0 Å². The van der Waals surface area contributed by atoms with Gasteiger partial charge in [-0.2, -0.15) is 0 Å². The van der Waals surface area contributed by atoms with Crippen molar-refractivity contribution in [1.29, 1.82) is 0 Å². The van der Waals surface area contributed by atoms with Crippen LogP contribution in [0.2, 0.25) is 0 Å². The minimum Gasteiger partial charge on any atom is -0.356 e. The summed E-state index contributed by atoms with van der Waals surface area (Å²) in [5.41, 5.74) is 0.397. The molecule has 122 valence electrons. The lowest BCUT2D eigenvalue weighted by Crippen LogP contribution is -2.39. The Balaban J connectivity index is 1.63. The highest BCUT2D eigenvalue weighted by Gasteiger charge is 2.32. The van der Waals surface area contributed by atoms with Crippen LogP contribution in [0.1, 0.15) is 72.1 Å². The van der Waals surface area contributed by atoms with E-state index in [-0.39, 0.29) is 5.92 Å². The number of carbonyl (C=O) groups is 1. The second-order valence-electron chi connectivity index (χ2n) is 8.14. The van der Waals surface area contributed by atoms with Crippen molar-refractivity contribution < 1.29 is 4.79 Å². The normalized spacial score (nSPS) is 30.9. The average Bonchev–Trinajstić information content (AvgIpc) is 2.47. The topological polar surface area (TPSA) is 41.1 Å². The van der Waals surface area contributed by atoms with Gasteiger partial charge in [-0.1, -0.05) is 27.2 Å². The van der Waals surface area contributed by atoms with E-state index in [2.05, 4.69) is 31.4 Å². The van der Waals surface area contributed by atoms with E-state index in [1.54, 1.807) is 0 Å². The summed E-state index contributed by atoms with van der Waals surface area (Å²) in [6.07, 6.45) is 9.58. The molecule has 0 spiro atoms. The van der Waals surface area contributed by atoms with Crippen LogP contribution in [0.25, 0.3) is 0 Å². The predicted octanol–water partition coefficient (Wildman–Crippen LogP) is 3.49. The first-order valence-corrected chi connectivity index (χ1v) is 8.98. The zero-order valence-electron chi connectivity index (χ0n) is 14.2. The van der Waals surface area contributed by atoms with Crippen LogP contribution in [0.3, 0.4) is 0 Å². The van der Waals surface area contributed by atoms with Gasteiger partial charge in [0.05, 0.1) is 0 Å². The highest BCUT2D eigenvalue weighted by Crippen LogP contribution is 2.39. The molecule has 0 aromatic carbocycles. The summed E-state index contributed by atoms with van der Waals surface area (Å²) in [6.45, 7) is 8.98. The molecule has 2 aliphatic rings. The largest absolute Gasteiger partial charge is 0.356 e. The quantitative estimate of drug-likeness (QED) is 0.833. The summed E-state index contributed by atoms with van der Waals surface area (Å²) in [6, 6.07) is 0.621. The molecule has 1 saturated carbocycles. The van der Waals surface area contributed by atoms with Gasteiger partial charge in [-0.05, 0) is 62.8 Å². The third-order valence-corrected chi connectivity index (χ3v) is 5.53. The van der Waals surface area contributed by atoms with Crippen molar-refractivity contribution in [1.82, 2.24) is 10.6 Å². The Kier molecular flexibility index (Phi) is 6.09. The lowest BCUT2D eigenvalue weighted by atomic mass is 9.69. The van der Waals surface area contributed by atoms with Gasteiger partial charge >= 0.3 is 0 Å². The van der Waals surface area contributed by atoms with Crippen molar-refractivity contribution in [2.45, 2.75) is 78.2 Å². The number of amides is 1. The average molecular weight is 294 g/mol. The SMILES string of the molecule is CC(C)(C)C1CCC(C(=O)NCCC2CCCCN2)CC1. The van der Waals surface area contributed by atoms with Crippen molar-refractivity contribution in [2.24, 2.45) is 17.3 Å². The maximum atomic E-state index is 12.3. The molecule has 1 saturated heterocycles. The third-order valence-electron chi connectivity index (χ3n) is 5.53. The van der Waals surface area contributed by atoms with Crippen LogP contribution in [-0.2, 0) is 4.79 Å². The van der Waals surface area contributed by atoms with Crippen LogP contribution < -0.4 is 10.6 Å². The van der Waals surface area contributed by atoms with Crippen molar-refractivity contribution in [2.75, 3.05) is 13.1 Å². The molecule has 0 aromatic heterocycles. The molecule has 2 N–H and O–H groups in total. The van der Waals surface area contributed by atoms with E-state index in [0.717, 1.165) is 38.3 Å². The first kappa shape index (κ1) is 16.8. The number of hydrogen-bond donors (Lipinski definition) is 2. The molecule has 1 amide bonds. The minimum absolute atomic E-state index is 0.267. The summed E-state index contributed by atoms with van der Waals surface area (Å²) in [5.74, 6) is 1.36. The Morgan fingerprint density at radius 3 is 2.38 bits per heavy atom. The van der Waals surface area contributed by atoms with E-state index in [9.17, 15) is 4.79 Å². The molecule has 0 aromatic rings. The fraction of sp³-hybridized carbons (Fsp3) is 0.944. The van der Waals surface area contributed by atoms with Gasteiger partial charge < -0.3 is 10.6 Å². The summed E-state index contributed by atoms with van der Waals surface area (Å²) in [7, 11) is 0. The second kappa shape index (κ2) is 7.62. The van der Waals surface area contributed by atoms with Crippen molar-refractivity contribution in [3.8, 4) is 0 Å². The van der Waals surface area contributed by atoms with Gasteiger partial charge in [0, 0.05) is 18.5 Å². The first-order valence-electron chi connectivity index (χ1n) is 8.98. The Morgan fingerprint density at radius 2 is 1.81 bits per heavy atom. The molecule has 2 rings (SSSR count). The molecule has 1 unspecified atom stereocenters. The Bertz CT molecular complexity index is 321. The summed E-state index contributed by atoms with van der Waals surface area (Å²) >= 11 is 0. The van der Waals surface area contributed by atoms with E-state index in [1.165, 1.54) is 32.1 Å². The smallest absolute Gasteiger partial charge is 0.223 e. The van der Waals surface area contributed by atoms with Crippen LogP contribution in [0, 0.1) is 17.3 Å². The standard InChI is InChI=1S/C18H34N2O/c1-18(2,3)15-9-7-14(8-10-15)17(21)20-13-11-16-6-4-5-12-19-16/h14-16,19H,4-13H2,1-3H3,(H,20,21). The van der Waals surface area contributed by atoms with E-state index < -0.39 is 0 Å². The number of carbonyl (C=O) groups excluding carboxylic acids is 1. The fourth-order valence-corrected chi connectivity index (χ4v) is 3.91.